The molecule has 110 valence electrons. The molecule has 1 aromatic heterocycles. The van der Waals surface area contributed by atoms with Crippen molar-refractivity contribution in [3.8, 4) is 11.5 Å². The van der Waals surface area contributed by atoms with Crippen molar-refractivity contribution in [2.24, 2.45) is 0 Å². The van der Waals surface area contributed by atoms with Gasteiger partial charge in [-0.15, -0.1) is 0 Å². The second kappa shape index (κ2) is 5.44. The SMILES string of the molecule is CC(=O)Nc1ccc(-c2nc3ccccc3c(=O)o2)cc1C. The summed E-state index contributed by atoms with van der Waals surface area (Å²) in [5, 5.41) is 3.20. The van der Waals surface area contributed by atoms with Crippen LogP contribution in [-0.2, 0) is 4.79 Å². The Hall–Kier alpha value is -2.95. The molecule has 0 saturated carbocycles. The second-order valence-corrected chi connectivity index (χ2v) is 5.03. The van der Waals surface area contributed by atoms with E-state index >= 15 is 0 Å². The van der Waals surface area contributed by atoms with Crippen molar-refractivity contribution in [3.63, 3.8) is 0 Å². The molecular weight excluding hydrogens is 280 g/mol. The smallest absolute Gasteiger partial charge is 0.347 e. The molecule has 0 aliphatic carbocycles. The van der Waals surface area contributed by atoms with E-state index in [1.165, 1.54) is 6.92 Å². The first-order valence-electron chi connectivity index (χ1n) is 6.83. The van der Waals surface area contributed by atoms with Crippen molar-refractivity contribution in [3.05, 3.63) is 58.4 Å². The molecule has 2 aromatic carbocycles. The lowest BCUT2D eigenvalue weighted by molar-refractivity contribution is -0.114. The van der Waals surface area contributed by atoms with Gasteiger partial charge in [0.15, 0.2) is 0 Å². The Balaban J connectivity index is 2.10. The Kier molecular flexibility index (Phi) is 3.47. The highest BCUT2D eigenvalue weighted by molar-refractivity contribution is 5.90. The molecule has 0 aliphatic heterocycles. The minimum atomic E-state index is -0.413. The van der Waals surface area contributed by atoms with Crippen LogP contribution in [0.5, 0.6) is 0 Å². The summed E-state index contributed by atoms with van der Waals surface area (Å²) >= 11 is 0. The van der Waals surface area contributed by atoms with Gasteiger partial charge in [-0.25, -0.2) is 9.78 Å². The van der Waals surface area contributed by atoms with Crippen LogP contribution in [0.1, 0.15) is 12.5 Å². The molecule has 0 radical (unpaired) electrons. The number of para-hydroxylation sites is 1. The summed E-state index contributed by atoms with van der Waals surface area (Å²) < 4.78 is 5.30. The van der Waals surface area contributed by atoms with Gasteiger partial charge in [0, 0.05) is 18.2 Å². The van der Waals surface area contributed by atoms with Crippen molar-refractivity contribution in [1.29, 1.82) is 0 Å². The van der Waals surface area contributed by atoms with Crippen LogP contribution in [0.4, 0.5) is 5.69 Å². The number of carbonyl (C=O) groups excluding carboxylic acids is 1. The monoisotopic (exact) mass is 294 g/mol. The van der Waals surface area contributed by atoms with Crippen LogP contribution in [0.3, 0.4) is 0 Å². The molecule has 5 heteroatoms. The standard InChI is InChI=1S/C17H14N2O3/c1-10-9-12(7-8-14(10)18-11(2)20)16-19-15-6-4-3-5-13(15)17(21)22-16/h3-9H,1-2H3,(H,18,20). The largest absolute Gasteiger partial charge is 0.403 e. The van der Waals surface area contributed by atoms with Gasteiger partial charge in [-0.05, 0) is 42.8 Å². The number of fused-ring (bicyclic) bond motifs is 1. The molecule has 0 aliphatic rings. The molecule has 5 nitrogen and oxygen atoms in total. The van der Waals surface area contributed by atoms with Crippen molar-refractivity contribution >= 4 is 22.5 Å². The zero-order chi connectivity index (χ0) is 15.7. The number of nitrogens with zero attached hydrogens (tertiary/aromatic N) is 1. The minimum absolute atomic E-state index is 0.133. The van der Waals surface area contributed by atoms with Gasteiger partial charge in [0.25, 0.3) is 0 Å². The second-order valence-electron chi connectivity index (χ2n) is 5.03. The minimum Gasteiger partial charge on any atom is -0.403 e. The molecule has 1 amide bonds. The molecule has 1 N–H and O–H groups in total. The predicted octanol–water partition coefficient (Wildman–Crippen LogP) is 3.12. The molecule has 0 bridgehead atoms. The van der Waals surface area contributed by atoms with Crippen molar-refractivity contribution in [2.75, 3.05) is 5.32 Å². The van der Waals surface area contributed by atoms with Crippen LogP contribution in [0.2, 0.25) is 0 Å². The van der Waals surface area contributed by atoms with E-state index in [-0.39, 0.29) is 11.8 Å². The first kappa shape index (κ1) is 14.0. The maximum Gasteiger partial charge on any atom is 0.347 e. The van der Waals surface area contributed by atoms with Gasteiger partial charge in [-0.3, -0.25) is 4.79 Å². The van der Waals surface area contributed by atoms with E-state index in [1.807, 2.05) is 19.1 Å². The summed E-state index contributed by atoms with van der Waals surface area (Å²) in [6.45, 7) is 3.32. The van der Waals surface area contributed by atoms with Crippen LogP contribution in [0, 0.1) is 6.92 Å². The van der Waals surface area contributed by atoms with Gasteiger partial charge < -0.3 is 9.73 Å². The lowest BCUT2D eigenvalue weighted by Crippen LogP contribution is -2.07. The predicted molar refractivity (Wildman–Crippen MR) is 84.8 cm³/mol. The Morgan fingerprint density at radius 2 is 1.95 bits per heavy atom. The number of carbonyl (C=O) groups is 1. The maximum absolute atomic E-state index is 12.0. The molecule has 1 heterocycles. The van der Waals surface area contributed by atoms with Gasteiger partial charge in [0.05, 0.1) is 10.9 Å². The van der Waals surface area contributed by atoms with Crippen LogP contribution >= 0.6 is 0 Å². The first-order chi connectivity index (χ1) is 10.5. The normalized spacial score (nSPS) is 10.6. The summed E-state index contributed by atoms with van der Waals surface area (Å²) in [5.41, 5.74) is 2.46. The van der Waals surface area contributed by atoms with Gasteiger partial charge >= 0.3 is 5.63 Å². The molecule has 0 spiro atoms. The number of hydrogen-bond donors (Lipinski definition) is 1. The third-order valence-corrected chi connectivity index (χ3v) is 3.32. The number of rotatable bonds is 2. The highest BCUT2D eigenvalue weighted by atomic mass is 16.4. The van der Waals surface area contributed by atoms with Gasteiger partial charge in [-0.1, -0.05) is 12.1 Å². The number of anilines is 1. The average molecular weight is 294 g/mol. The van der Waals surface area contributed by atoms with E-state index in [0.717, 1.165) is 11.3 Å². The number of aromatic nitrogens is 1. The molecule has 0 saturated heterocycles. The fraction of sp³-hybridized carbons (Fsp3) is 0.118. The van der Waals surface area contributed by atoms with Gasteiger partial charge in [0.1, 0.15) is 0 Å². The van der Waals surface area contributed by atoms with Crippen molar-refractivity contribution in [1.82, 2.24) is 4.98 Å². The van der Waals surface area contributed by atoms with Crippen LogP contribution in [0.15, 0.2) is 51.7 Å². The van der Waals surface area contributed by atoms with Gasteiger partial charge in [0.2, 0.25) is 11.8 Å². The first-order valence-corrected chi connectivity index (χ1v) is 6.83. The Labute approximate surface area is 126 Å². The number of amides is 1. The number of hydrogen-bond acceptors (Lipinski definition) is 4. The quantitative estimate of drug-likeness (QED) is 0.788. The highest BCUT2D eigenvalue weighted by Crippen LogP contribution is 2.24. The van der Waals surface area contributed by atoms with E-state index in [2.05, 4.69) is 10.3 Å². The molecule has 0 fully saturated rings. The molecule has 3 aromatic rings. The van der Waals surface area contributed by atoms with Crippen LogP contribution in [-0.4, -0.2) is 10.9 Å². The number of aryl methyl sites for hydroxylation is 1. The molecule has 3 rings (SSSR count). The molecule has 0 unspecified atom stereocenters. The fourth-order valence-corrected chi connectivity index (χ4v) is 2.27. The zero-order valence-corrected chi connectivity index (χ0v) is 12.2. The molecule has 0 atom stereocenters. The summed E-state index contributed by atoms with van der Waals surface area (Å²) in [7, 11) is 0. The van der Waals surface area contributed by atoms with Crippen LogP contribution in [0.25, 0.3) is 22.4 Å². The third kappa shape index (κ3) is 2.61. The van der Waals surface area contributed by atoms with Gasteiger partial charge in [-0.2, -0.15) is 0 Å². The third-order valence-electron chi connectivity index (χ3n) is 3.32. The topological polar surface area (TPSA) is 72.2 Å². The van der Waals surface area contributed by atoms with Crippen molar-refractivity contribution in [2.45, 2.75) is 13.8 Å². The van der Waals surface area contributed by atoms with E-state index in [9.17, 15) is 9.59 Å². The van der Waals surface area contributed by atoms with E-state index in [1.54, 1.807) is 30.3 Å². The molecular formula is C17H14N2O3. The Morgan fingerprint density at radius 1 is 1.18 bits per heavy atom. The lowest BCUT2D eigenvalue weighted by atomic mass is 10.1. The highest BCUT2D eigenvalue weighted by Gasteiger charge is 2.10. The maximum atomic E-state index is 12.0. The summed E-state index contributed by atoms with van der Waals surface area (Å²) in [5.74, 6) is 0.132. The summed E-state index contributed by atoms with van der Waals surface area (Å²) in [6, 6.07) is 12.4. The van der Waals surface area contributed by atoms with Crippen LogP contribution < -0.4 is 10.9 Å². The number of benzene rings is 2. The fourth-order valence-electron chi connectivity index (χ4n) is 2.27. The lowest BCUT2D eigenvalue weighted by Gasteiger charge is -2.08. The Bertz CT molecular complexity index is 929. The summed E-state index contributed by atoms with van der Waals surface area (Å²) in [6.07, 6.45) is 0. The van der Waals surface area contributed by atoms with Crippen molar-refractivity contribution < 1.29 is 9.21 Å². The summed E-state index contributed by atoms with van der Waals surface area (Å²) in [4.78, 5) is 27.5. The number of nitrogens with one attached hydrogen (secondary N) is 1. The van der Waals surface area contributed by atoms with E-state index in [4.69, 9.17) is 4.42 Å². The van der Waals surface area contributed by atoms with E-state index in [0.29, 0.717) is 16.5 Å². The Morgan fingerprint density at radius 3 is 2.68 bits per heavy atom. The molecule has 22 heavy (non-hydrogen) atoms. The zero-order valence-electron chi connectivity index (χ0n) is 12.2. The van der Waals surface area contributed by atoms with E-state index < -0.39 is 5.63 Å². The average Bonchev–Trinajstić information content (AvgIpc) is 2.49.